The summed E-state index contributed by atoms with van der Waals surface area (Å²) in [5, 5.41) is 11.4. The van der Waals surface area contributed by atoms with Gasteiger partial charge in [0.05, 0.1) is 17.5 Å². The number of pyridine rings is 1. The zero-order chi connectivity index (χ0) is 13.8. The lowest BCUT2D eigenvalue weighted by atomic mass is 10.1. The number of nitrogens with zero attached hydrogens (tertiary/aromatic N) is 2. The topological polar surface area (TPSA) is 82.3 Å². The maximum Gasteiger partial charge on any atom is 0.330 e. The molecule has 0 amide bonds. The van der Waals surface area contributed by atoms with E-state index < -0.39 is 10.9 Å². The van der Waals surface area contributed by atoms with Crippen molar-refractivity contribution >= 4 is 28.6 Å². The van der Waals surface area contributed by atoms with Crippen LogP contribution >= 0.6 is 0 Å². The predicted molar refractivity (Wildman–Crippen MR) is 69.4 cm³/mol. The normalized spacial score (nSPS) is 10.8. The zero-order valence-electron chi connectivity index (χ0n) is 10.1. The molecule has 0 spiro atoms. The van der Waals surface area contributed by atoms with Crippen LogP contribution in [0.3, 0.4) is 0 Å². The third-order valence-corrected chi connectivity index (χ3v) is 2.51. The third kappa shape index (κ3) is 2.92. The van der Waals surface area contributed by atoms with Crippen molar-refractivity contribution in [2.24, 2.45) is 0 Å². The first-order valence-corrected chi connectivity index (χ1v) is 5.40. The van der Waals surface area contributed by atoms with Crippen molar-refractivity contribution in [2.45, 2.75) is 0 Å². The summed E-state index contributed by atoms with van der Waals surface area (Å²) in [7, 11) is 1.30. The molecular formula is C13H10N2O4. The van der Waals surface area contributed by atoms with E-state index in [0.29, 0.717) is 11.1 Å². The number of hydrogen-bond donors (Lipinski definition) is 0. The molecule has 2 aromatic rings. The van der Waals surface area contributed by atoms with Gasteiger partial charge in [-0.2, -0.15) is 0 Å². The van der Waals surface area contributed by atoms with E-state index in [1.807, 2.05) is 0 Å². The van der Waals surface area contributed by atoms with E-state index in [0.717, 1.165) is 5.39 Å². The van der Waals surface area contributed by atoms with Crippen LogP contribution in [0.1, 0.15) is 5.56 Å². The molecule has 1 aromatic carbocycles. The fourth-order valence-corrected chi connectivity index (χ4v) is 1.56. The maximum atomic E-state index is 11.0. The molecule has 0 aliphatic heterocycles. The van der Waals surface area contributed by atoms with Gasteiger partial charge in [-0.15, -0.1) is 0 Å². The summed E-state index contributed by atoms with van der Waals surface area (Å²) >= 11 is 0. The Balaban J connectivity index is 2.36. The van der Waals surface area contributed by atoms with Gasteiger partial charge in [-0.1, -0.05) is 0 Å². The van der Waals surface area contributed by atoms with Crippen LogP contribution in [-0.4, -0.2) is 23.0 Å². The molecule has 0 bridgehead atoms. The van der Waals surface area contributed by atoms with Crippen molar-refractivity contribution in [2.75, 3.05) is 7.11 Å². The number of carbonyl (C=O) groups is 1. The highest BCUT2D eigenvalue weighted by atomic mass is 16.6. The van der Waals surface area contributed by atoms with Crippen molar-refractivity contribution in [1.29, 1.82) is 0 Å². The zero-order valence-corrected chi connectivity index (χ0v) is 10.1. The first kappa shape index (κ1) is 12.7. The molecule has 0 N–H and O–H groups in total. The predicted octanol–water partition coefficient (Wildman–Crippen LogP) is 2.33. The fraction of sp³-hybridized carbons (Fsp3) is 0.0769. The van der Waals surface area contributed by atoms with Gasteiger partial charge in [0.15, 0.2) is 0 Å². The molecule has 1 heterocycles. The molecule has 0 radical (unpaired) electrons. The number of fused-ring (bicyclic) bond motifs is 1. The number of non-ortho nitro benzene ring substituents is 1. The van der Waals surface area contributed by atoms with Crippen LogP contribution in [0.5, 0.6) is 0 Å². The van der Waals surface area contributed by atoms with Gasteiger partial charge in [0.1, 0.15) is 0 Å². The highest BCUT2D eigenvalue weighted by Crippen LogP contribution is 2.20. The summed E-state index contributed by atoms with van der Waals surface area (Å²) in [4.78, 5) is 25.3. The molecule has 0 atom stereocenters. The molecular weight excluding hydrogens is 248 g/mol. The van der Waals surface area contributed by atoms with Crippen LogP contribution in [0.25, 0.3) is 17.0 Å². The molecule has 2 rings (SSSR count). The minimum atomic E-state index is -0.466. The first-order chi connectivity index (χ1) is 9.10. The van der Waals surface area contributed by atoms with Crippen molar-refractivity contribution in [3.8, 4) is 0 Å². The van der Waals surface area contributed by atoms with Gasteiger partial charge < -0.3 is 4.74 Å². The summed E-state index contributed by atoms with van der Waals surface area (Å²) in [6.07, 6.45) is 4.39. The average Bonchev–Trinajstić information content (AvgIpc) is 2.43. The number of carbonyl (C=O) groups excluding carboxylic acids is 1. The molecule has 0 saturated heterocycles. The lowest BCUT2D eigenvalue weighted by molar-refractivity contribution is -0.384. The quantitative estimate of drug-likeness (QED) is 0.365. The highest BCUT2D eigenvalue weighted by Gasteiger charge is 2.06. The largest absolute Gasteiger partial charge is 0.466 e. The van der Waals surface area contributed by atoms with E-state index in [2.05, 4.69) is 9.72 Å². The number of esters is 1. The summed E-state index contributed by atoms with van der Waals surface area (Å²) in [5.74, 6) is -0.455. The Morgan fingerprint density at radius 2 is 2.21 bits per heavy atom. The Morgan fingerprint density at radius 1 is 1.42 bits per heavy atom. The molecule has 0 aliphatic rings. The van der Waals surface area contributed by atoms with E-state index in [1.54, 1.807) is 18.2 Å². The molecule has 6 nitrogen and oxygen atoms in total. The van der Waals surface area contributed by atoms with Crippen molar-refractivity contribution in [3.63, 3.8) is 0 Å². The molecule has 19 heavy (non-hydrogen) atoms. The average molecular weight is 258 g/mol. The number of nitro groups is 1. The number of aromatic nitrogens is 1. The second-order valence-electron chi connectivity index (χ2n) is 3.76. The molecule has 0 aliphatic carbocycles. The van der Waals surface area contributed by atoms with Crippen LogP contribution in [-0.2, 0) is 9.53 Å². The van der Waals surface area contributed by atoms with Gasteiger partial charge in [-0.05, 0) is 23.8 Å². The Kier molecular flexibility index (Phi) is 3.51. The van der Waals surface area contributed by atoms with E-state index in [4.69, 9.17) is 0 Å². The highest BCUT2D eigenvalue weighted by molar-refractivity contribution is 5.88. The van der Waals surface area contributed by atoms with Crippen LogP contribution in [0.2, 0.25) is 0 Å². The van der Waals surface area contributed by atoms with Crippen LogP contribution in [0, 0.1) is 10.1 Å². The van der Waals surface area contributed by atoms with Crippen LogP contribution < -0.4 is 0 Å². The smallest absolute Gasteiger partial charge is 0.330 e. The van der Waals surface area contributed by atoms with Gasteiger partial charge in [0.25, 0.3) is 5.69 Å². The van der Waals surface area contributed by atoms with Gasteiger partial charge in [0.2, 0.25) is 0 Å². The summed E-state index contributed by atoms with van der Waals surface area (Å²) in [6, 6.07) is 6.22. The number of ether oxygens (including phenoxy) is 1. The minimum Gasteiger partial charge on any atom is -0.466 e. The van der Waals surface area contributed by atoms with Gasteiger partial charge >= 0.3 is 5.97 Å². The Morgan fingerprint density at radius 3 is 2.89 bits per heavy atom. The van der Waals surface area contributed by atoms with Crippen LogP contribution in [0.4, 0.5) is 5.69 Å². The SMILES string of the molecule is COC(=O)C=Cc1cnc2cc([N+](=O)[O-])ccc2c1. The van der Waals surface area contributed by atoms with Crippen molar-refractivity contribution in [1.82, 2.24) is 4.98 Å². The molecule has 6 heteroatoms. The standard InChI is InChI=1S/C13H10N2O4/c1-19-13(16)5-2-9-6-10-3-4-11(15(17)18)7-12(10)14-8-9/h2-8H,1H3. The molecule has 1 aromatic heterocycles. The molecule has 0 unspecified atom stereocenters. The summed E-state index contributed by atoms with van der Waals surface area (Å²) in [5.41, 5.74) is 1.24. The lowest BCUT2D eigenvalue weighted by Gasteiger charge is -1.99. The minimum absolute atomic E-state index is 0.00199. The summed E-state index contributed by atoms with van der Waals surface area (Å²) < 4.78 is 4.48. The van der Waals surface area contributed by atoms with E-state index in [1.165, 1.54) is 31.5 Å². The summed E-state index contributed by atoms with van der Waals surface area (Å²) in [6.45, 7) is 0. The number of nitro benzene ring substituents is 1. The number of methoxy groups -OCH3 is 1. The molecule has 0 saturated carbocycles. The molecule has 0 fully saturated rings. The lowest BCUT2D eigenvalue weighted by Crippen LogP contribution is -1.93. The fourth-order valence-electron chi connectivity index (χ4n) is 1.56. The number of benzene rings is 1. The Hall–Kier alpha value is -2.76. The maximum absolute atomic E-state index is 11.0. The molecule has 96 valence electrons. The monoisotopic (exact) mass is 258 g/mol. The van der Waals surface area contributed by atoms with Crippen molar-refractivity contribution in [3.05, 3.63) is 52.2 Å². The number of hydrogen-bond acceptors (Lipinski definition) is 5. The Bertz CT molecular complexity index is 679. The van der Waals surface area contributed by atoms with Crippen molar-refractivity contribution < 1.29 is 14.5 Å². The first-order valence-electron chi connectivity index (χ1n) is 5.40. The van der Waals surface area contributed by atoms with Gasteiger partial charge in [0, 0.05) is 29.8 Å². The van der Waals surface area contributed by atoms with E-state index in [9.17, 15) is 14.9 Å². The van der Waals surface area contributed by atoms with E-state index in [-0.39, 0.29) is 5.69 Å². The van der Waals surface area contributed by atoms with Gasteiger partial charge in [-0.25, -0.2) is 4.79 Å². The second kappa shape index (κ2) is 5.26. The van der Waals surface area contributed by atoms with Crippen LogP contribution in [0.15, 0.2) is 36.5 Å². The Labute approximate surface area is 108 Å². The second-order valence-corrected chi connectivity index (χ2v) is 3.76. The third-order valence-electron chi connectivity index (χ3n) is 2.51. The van der Waals surface area contributed by atoms with E-state index >= 15 is 0 Å². The van der Waals surface area contributed by atoms with Gasteiger partial charge in [-0.3, -0.25) is 15.1 Å². The number of rotatable bonds is 3.